The molecule has 0 atom stereocenters. The van der Waals surface area contributed by atoms with E-state index < -0.39 is 0 Å². The van der Waals surface area contributed by atoms with E-state index in [0.717, 1.165) is 0 Å². The van der Waals surface area contributed by atoms with Gasteiger partial charge in [-0.25, -0.2) is 4.98 Å². The number of rotatable bonds is 2. The highest BCUT2D eigenvalue weighted by Crippen LogP contribution is 2.16. The van der Waals surface area contributed by atoms with Gasteiger partial charge in [0.2, 0.25) is 0 Å². The van der Waals surface area contributed by atoms with Crippen LogP contribution in [0, 0.1) is 13.8 Å². The molecule has 0 aliphatic carbocycles. The largest absolute Gasteiger partial charge is 0.361 e. The van der Waals surface area contributed by atoms with Gasteiger partial charge in [-0.1, -0.05) is 16.8 Å². The molecular weight excluding hydrogens is 242 g/mol. The zero-order valence-corrected chi connectivity index (χ0v) is 10.1. The fourth-order valence-electron chi connectivity index (χ4n) is 1.46. The fraction of sp³-hybridized carbons (Fsp3) is 0.182. The molecule has 17 heavy (non-hydrogen) atoms. The number of pyridine rings is 1. The second kappa shape index (κ2) is 4.55. The number of carbonyl (C=O) groups is 1. The molecule has 0 unspecified atom stereocenters. The molecule has 5 nitrogen and oxygen atoms in total. The van der Waals surface area contributed by atoms with Gasteiger partial charge in [0, 0.05) is 11.2 Å². The molecule has 0 saturated heterocycles. The first-order valence-corrected chi connectivity index (χ1v) is 5.31. The topological polar surface area (TPSA) is 68.0 Å². The summed E-state index contributed by atoms with van der Waals surface area (Å²) in [5.41, 5.74) is 0.966. The number of anilines is 1. The Kier molecular flexibility index (Phi) is 3.10. The van der Waals surface area contributed by atoms with Crippen LogP contribution in [0.5, 0.6) is 0 Å². The van der Waals surface area contributed by atoms with Crippen molar-refractivity contribution in [2.45, 2.75) is 13.8 Å². The number of hydrogen-bond acceptors (Lipinski definition) is 4. The zero-order chi connectivity index (χ0) is 12.4. The van der Waals surface area contributed by atoms with Crippen molar-refractivity contribution in [2.24, 2.45) is 0 Å². The van der Waals surface area contributed by atoms with Gasteiger partial charge in [0.25, 0.3) is 5.91 Å². The van der Waals surface area contributed by atoms with E-state index in [1.807, 2.05) is 0 Å². The van der Waals surface area contributed by atoms with Crippen molar-refractivity contribution in [1.29, 1.82) is 0 Å². The van der Waals surface area contributed by atoms with Crippen molar-refractivity contribution in [3.05, 3.63) is 40.4 Å². The van der Waals surface area contributed by atoms with Gasteiger partial charge in [0.15, 0.2) is 0 Å². The molecule has 2 rings (SSSR count). The van der Waals surface area contributed by atoms with Crippen LogP contribution < -0.4 is 5.32 Å². The van der Waals surface area contributed by atoms with Crippen LogP contribution in [0.15, 0.2) is 22.9 Å². The lowest BCUT2D eigenvalue weighted by molar-refractivity contribution is 0.102. The van der Waals surface area contributed by atoms with Crippen LogP contribution >= 0.6 is 11.6 Å². The summed E-state index contributed by atoms with van der Waals surface area (Å²) in [7, 11) is 0. The van der Waals surface area contributed by atoms with E-state index in [4.69, 9.17) is 16.1 Å². The Bertz CT molecular complexity index is 546. The normalized spacial score (nSPS) is 10.3. The predicted octanol–water partition coefficient (Wildman–Crippen LogP) is 2.59. The van der Waals surface area contributed by atoms with Crippen LogP contribution in [-0.2, 0) is 0 Å². The summed E-state index contributed by atoms with van der Waals surface area (Å²) in [6, 6.07) is 3.20. The lowest BCUT2D eigenvalue weighted by Crippen LogP contribution is -2.14. The highest BCUT2D eigenvalue weighted by Gasteiger charge is 2.17. The Morgan fingerprint density at radius 2 is 2.24 bits per heavy atom. The van der Waals surface area contributed by atoms with Crippen LogP contribution in [-0.4, -0.2) is 16.0 Å². The van der Waals surface area contributed by atoms with Gasteiger partial charge >= 0.3 is 0 Å². The molecule has 6 heteroatoms. The van der Waals surface area contributed by atoms with Crippen molar-refractivity contribution in [3.8, 4) is 0 Å². The average molecular weight is 252 g/mol. The maximum absolute atomic E-state index is 11.9. The molecule has 0 aliphatic rings. The highest BCUT2D eigenvalue weighted by atomic mass is 35.5. The molecule has 0 spiro atoms. The van der Waals surface area contributed by atoms with E-state index in [0.29, 0.717) is 27.9 Å². The summed E-state index contributed by atoms with van der Waals surface area (Å²) in [4.78, 5) is 15.9. The van der Waals surface area contributed by atoms with Crippen molar-refractivity contribution >= 4 is 23.3 Å². The quantitative estimate of drug-likeness (QED) is 0.891. The Morgan fingerprint density at radius 3 is 2.82 bits per heavy atom. The van der Waals surface area contributed by atoms with Crippen molar-refractivity contribution in [1.82, 2.24) is 10.1 Å². The molecule has 0 radical (unpaired) electrons. The van der Waals surface area contributed by atoms with Gasteiger partial charge in [-0.05, 0) is 26.0 Å². The van der Waals surface area contributed by atoms with Crippen molar-refractivity contribution < 1.29 is 9.32 Å². The second-order valence-electron chi connectivity index (χ2n) is 3.51. The Hall–Kier alpha value is -1.88. The van der Waals surface area contributed by atoms with Gasteiger partial charge in [0.05, 0.1) is 5.69 Å². The Labute approximate surface area is 103 Å². The van der Waals surface area contributed by atoms with Gasteiger partial charge in [-0.2, -0.15) is 0 Å². The summed E-state index contributed by atoms with van der Waals surface area (Å²) >= 11 is 5.79. The van der Waals surface area contributed by atoms with Crippen LogP contribution in [0.25, 0.3) is 0 Å². The molecule has 0 aromatic carbocycles. The molecule has 0 aliphatic heterocycles. The smallest absolute Gasteiger partial charge is 0.262 e. The maximum Gasteiger partial charge on any atom is 0.262 e. The van der Waals surface area contributed by atoms with Gasteiger partial charge in [-0.15, -0.1) is 0 Å². The van der Waals surface area contributed by atoms with E-state index in [1.165, 1.54) is 6.20 Å². The predicted molar refractivity (Wildman–Crippen MR) is 63.2 cm³/mol. The Balaban J connectivity index is 2.23. The Morgan fingerprint density at radius 1 is 1.47 bits per heavy atom. The van der Waals surface area contributed by atoms with Crippen LogP contribution in [0.3, 0.4) is 0 Å². The SMILES string of the molecule is Cc1noc(C)c1C(=O)Nc1cc(Cl)ccn1. The molecule has 1 N–H and O–H groups in total. The fourth-order valence-corrected chi connectivity index (χ4v) is 1.62. The lowest BCUT2D eigenvalue weighted by atomic mass is 10.2. The van der Waals surface area contributed by atoms with E-state index in [2.05, 4.69) is 15.5 Å². The molecule has 88 valence electrons. The lowest BCUT2D eigenvalue weighted by Gasteiger charge is -2.03. The van der Waals surface area contributed by atoms with E-state index in [9.17, 15) is 4.79 Å². The third-order valence-electron chi connectivity index (χ3n) is 2.22. The molecule has 0 saturated carbocycles. The minimum Gasteiger partial charge on any atom is -0.361 e. The summed E-state index contributed by atoms with van der Waals surface area (Å²) in [6.07, 6.45) is 1.52. The molecule has 2 aromatic rings. The van der Waals surface area contributed by atoms with E-state index in [1.54, 1.807) is 26.0 Å². The van der Waals surface area contributed by atoms with Crippen molar-refractivity contribution in [2.75, 3.05) is 5.32 Å². The number of halogens is 1. The first kappa shape index (κ1) is 11.6. The number of nitrogens with one attached hydrogen (secondary N) is 1. The molecule has 2 heterocycles. The molecule has 2 aromatic heterocycles. The van der Waals surface area contributed by atoms with Gasteiger partial charge < -0.3 is 9.84 Å². The minimum absolute atomic E-state index is 0.309. The van der Waals surface area contributed by atoms with E-state index in [-0.39, 0.29) is 5.91 Å². The molecular formula is C11H10ClN3O2. The summed E-state index contributed by atoms with van der Waals surface area (Å²) < 4.78 is 4.92. The molecule has 0 bridgehead atoms. The standard InChI is InChI=1S/C11H10ClN3O2/c1-6-10(7(2)17-15-6)11(16)14-9-5-8(12)3-4-13-9/h3-5H,1-2H3,(H,13,14,16). The highest BCUT2D eigenvalue weighted by molar-refractivity contribution is 6.30. The van der Waals surface area contributed by atoms with Gasteiger partial charge in [-0.3, -0.25) is 4.79 Å². The minimum atomic E-state index is -0.309. The van der Waals surface area contributed by atoms with Gasteiger partial charge in [0.1, 0.15) is 17.1 Å². The third-order valence-corrected chi connectivity index (χ3v) is 2.46. The van der Waals surface area contributed by atoms with Crippen molar-refractivity contribution in [3.63, 3.8) is 0 Å². The monoisotopic (exact) mass is 251 g/mol. The number of hydrogen-bond donors (Lipinski definition) is 1. The van der Waals surface area contributed by atoms with Crippen LogP contribution in [0.1, 0.15) is 21.8 Å². The van der Waals surface area contributed by atoms with Crippen LogP contribution in [0.4, 0.5) is 5.82 Å². The number of amides is 1. The number of aryl methyl sites for hydroxylation is 2. The molecule has 1 amide bonds. The second-order valence-corrected chi connectivity index (χ2v) is 3.95. The van der Waals surface area contributed by atoms with E-state index >= 15 is 0 Å². The first-order valence-electron chi connectivity index (χ1n) is 4.93. The number of nitrogens with zero attached hydrogens (tertiary/aromatic N) is 2. The summed E-state index contributed by atoms with van der Waals surface area (Å²) in [5.74, 6) is 0.556. The average Bonchev–Trinajstić information content (AvgIpc) is 2.58. The third kappa shape index (κ3) is 2.45. The number of aromatic nitrogens is 2. The van der Waals surface area contributed by atoms with Crippen LogP contribution in [0.2, 0.25) is 5.02 Å². The number of carbonyl (C=O) groups excluding carboxylic acids is 1. The maximum atomic E-state index is 11.9. The molecule has 0 fully saturated rings. The summed E-state index contributed by atoms with van der Waals surface area (Å²) in [6.45, 7) is 3.39. The zero-order valence-electron chi connectivity index (χ0n) is 9.32. The summed E-state index contributed by atoms with van der Waals surface area (Å²) in [5, 5.41) is 6.85. The first-order chi connectivity index (χ1) is 8.08.